The summed E-state index contributed by atoms with van der Waals surface area (Å²) in [6.07, 6.45) is 3.28. The van der Waals surface area contributed by atoms with Crippen LogP contribution in [0.1, 0.15) is 18.5 Å². The van der Waals surface area contributed by atoms with Crippen LogP contribution >= 0.6 is 0 Å². The molecule has 100 valence electrons. The third-order valence-corrected chi connectivity index (χ3v) is 3.10. The molecule has 0 bridgehead atoms. The number of methoxy groups -OCH3 is 1. The fraction of sp³-hybridized carbons (Fsp3) is 0.462. The maximum absolute atomic E-state index is 11.5. The van der Waals surface area contributed by atoms with Gasteiger partial charge in [0.15, 0.2) is 0 Å². The summed E-state index contributed by atoms with van der Waals surface area (Å²) >= 11 is 0. The molecule has 1 aliphatic rings. The summed E-state index contributed by atoms with van der Waals surface area (Å²) in [5.41, 5.74) is 1.25. The van der Waals surface area contributed by atoms with E-state index < -0.39 is 0 Å². The zero-order chi connectivity index (χ0) is 13.7. The molecule has 1 aliphatic heterocycles. The number of pyridine rings is 1. The van der Waals surface area contributed by atoms with Gasteiger partial charge in [-0.25, -0.2) is 9.78 Å². The number of nitriles is 1. The average Bonchev–Trinajstić information content (AvgIpc) is 2.47. The van der Waals surface area contributed by atoms with E-state index in [0.29, 0.717) is 12.2 Å². The van der Waals surface area contributed by atoms with Crippen LogP contribution in [0.2, 0.25) is 0 Å². The highest BCUT2D eigenvalue weighted by atomic mass is 16.5. The highest BCUT2D eigenvalue weighted by molar-refractivity contribution is 5.67. The summed E-state index contributed by atoms with van der Waals surface area (Å²) in [5.74, 6) is 0. The number of anilines is 1. The Kier molecular flexibility index (Phi) is 4.18. The van der Waals surface area contributed by atoms with E-state index in [1.807, 2.05) is 12.1 Å². The number of hydrogen-bond acceptors (Lipinski definition) is 5. The first-order valence-electron chi connectivity index (χ1n) is 6.18. The molecule has 1 aromatic heterocycles. The fourth-order valence-corrected chi connectivity index (χ4v) is 2.17. The standard InChI is InChI=1S/C13H16N4O2/c1-19-13(18)17-6-2-3-12(9-17)16-11-5-4-10(7-14)15-8-11/h4-5,8,12,16H,2-3,6,9H2,1H3/t12-/m0/s1. The van der Waals surface area contributed by atoms with Gasteiger partial charge in [-0.3, -0.25) is 0 Å². The molecule has 2 heterocycles. The average molecular weight is 260 g/mol. The molecule has 2 rings (SSSR count). The second-order valence-electron chi connectivity index (χ2n) is 4.44. The summed E-state index contributed by atoms with van der Waals surface area (Å²) in [4.78, 5) is 17.2. The third-order valence-electron chi connectivity index (χ3n) is 3.10. The van der Waals surface area contributed by atoms with Crippen molar-refractivity contribution in [1.82, 2.24) is 9.88 Å². The monoisotopic (exact) mass is 260 g/mol. The molecule has 1 amide bonds. The van der Waals surface area contributed by atoms with Crippen LogP contribution in [0.25, 0.3) is 0 Å². The lowest BCUT2D eigenvalue weighted by molar-refractivity contribution is 0.113. The van der Waals surface area contributed by atoms with Gasteiger partial charge in [0.25, 0.3) is 0 Å². The Morgan fingerprint density at radius 3 is 3.11 bits per heavy atom. The number of rotatable bonds is 2. The van der Waals surface area contributed by atoms with Gasteiger partial charge < -0.3 is 15.0 Å². The summed E-state index contributed by atoms with van der Waals surface area (Å²) in [7, 11) is 1.39. The number of carbonyl (C=O) groups is 1. The van der Waals surface area contributed by atoms with Gasteiger partial charge in [-0.15, -0.1) is 0 Å². The minimum atomic E-state index is -0.288. The molecule has 1 fully saturated rings. The Balaban J connectivity index is 1.94. The Bertz CT molecular complexity index is 480. The Labute approximate surface area is 112 Å². The van der Waals surface area contributed by atoms with E-state index in [1.165, 1.54) is 7.11 Å². The molecule has 0 radical (unpaired) electrons. The van der Waals surface area contributed by atoms with Gasteiger partial charge >= 0.3 is 6.09 Å². The van der Waals surface area contributed by atoms with Crippen LogP contribution < -0.4 is 5.32 Å². The predicted molar refractivity (Wildman–Crippen MR) is 69.6 cm³/mol. The molecule has 0 unspecified atom stereocenters. The van der Waals surface area contributed by atoms with Crippen LogP contribution in [0.3, 0.4) is 0 Å². The molecule has 0 aliphatic carbocycles. The van der Waals surface area contributed by atoms with E-state index in [-0.39, 0.29) is 12.1 Å². The van der Waals surface area contributed by atoms with Crippen LogP contribution in [0.4, 0.5) is 10.5 Å². The zero-order valence-corrected chi connectivity index (χ0v) is 10.8. The quantitative estimate of drug-likeness (QED) is 0.873. The van der Waals surface area contributed by atoms with Crippen LogP contribution in [0, 0.1) is 11.3 Å². The maximum Gasteiger partial charge on any atom is 0.409 e. The van der Waals surface area contributed by atoms with E-state index in [2.05, 4.69) is 10.3 Å². The molecular formula is C13H16N4O2. The second-order valence-corrected chi connectivity index (χ2v) is 4.44. The summed E-state index contributed by atoms with van der Waals surface area (Å²) < 4.78 is 4.73. The number of ether oxygens (including phenoxy) is 1. The molecule has 1 saturated heterocycles. The Morgan fingerprint density at radius 1 is 1.63 bits per heavy atom. The van der Waals surface area contributed by atoms with Gasteiger partial charge in [0.2, 0.25) is 0 Å². The lowest BCUT2D eigenvalue weighted by atomic mass is 10.1. The molecule has 0 saturated carbocycles. The van der Waals surface area contributed by atoms with Gasteiger partial charge in [0, 0.05) is 19.1 Å². The van der Waals surface area contributed by atoms with Crippen LogP contribution in [-0.2, 0) is 4.74 Å². The van der Waals surface area contributed by atoms with Crippen molar-refractivity contribution >= 4 is 11.8 Å². The van der Waals surface area contributed by atoms with Crippen molar-refractivity contribution < 1.29 is 9.53 Å². The van der Waals surface area contributed by atoms with E-state index in [1.54, 1.807) is 17.2 Å². The lowest BCUT2D eigenvalue weighted by Gasteiger charge is -2.32. The van der Waals surface area contributed by atoms with Crippen molar-refractivity contribution in [1.29, 1.82) is 5.26 Å². The molecule has 19 heavy (non-hydrogen) atoms. The number of nitrogens with zero attached hydrogens (tertiary/aromatic N) is 3. The van der Waals surface area contributed by atoms with Crippen molar-refractivity contribution in [3.63, 3.8) is 0 Å². The molecule has 0 aromatic carbocycles. The van der Waals surface area contributed by atoms with Gasteiger partial charge in [0.05, 0.1) is 19.0 Å². The van der Waals surface area contributed by atoms with E-state index >= 15 is 0 Å². The van der Waals surface area contributed by atoms with Crippen molar-refractivity contribution in [2.45, 2.75) is 18.9 Å². The third kappa shape index (κ3) is 3.35. The highest BCUT2D eigenvalue weighted by Crippen LogP contribution is 2.16. The van der Waals surface area contributed by atoms with Crippen molar-refractivity contribution in [3.05, 3.63) is 24.0 Å². The molecule has 1 atom stereocenters. The summed E-state index contributed by atoms with van der Waals surface area (Å²) in [5, 5.41) is 12.0. The number of aromatic nitrogens is 1. The SMILES string of the molecule is COC(=O)N1CCC[C@H](Nc2ccc(C#N)nc2)C1. The molecule has 0 spiro atoms. The number of carbonyl (C=O) groups excluding carboxylic acids is 1. The van der Waals surface area contributed by atoms with Crippen molar-refractivity contribution in [3.8, 4) is 6.07 Å². The first kappa shape index (κ1) is 13.1. The van der Waals surface area contributed by atoms with Crippen molar-refractivity contribution in [2.24, 2.45) is 0 Å². The molecule has 1 aromatic rings. The van der Waals surface area contributed by atoms with Gasteiger partial charge in [-0.2, -0.15) is 5.26 Å². The predicted octanol–water partition coefficient (Wildman–Crippen LogP) is 1.60. The molecule has 6 heteroatoms. The van der Waals surface area contributed by atoms with Gasteiger partial charge in [-0.05, 0) is 25.0 Å². The fourth-order valence-electron chi connectivity index (χ4n) is 2.17. The van der Waals surface area contributed by atoms with Crippen LogP contribution in [-0.4, -0.2) is 42.2 Å². The normalized spacial score (nSPS) is 18.5. The first-order chi connectivity index (χ1) is 9.22. The van der Waals surface area contributed by atoms with Crippen molar-refractivity contribution in [2.75, 3.05) is 25.5 Å². The zero-order valence-electron chi connectivity index (χ0n) is 10.8. The number of amides is 1. The topological polar surface area (TPSA) is 78.2 Å². The number of likely N-dealkylation sites (tertiary alicyclic amines) is 1. The molecule has 1 N–H and O–H groups in total. The molecular weight excluding hydrogens is 244 g/mol. The number of nitrogens with one attached hydrogen (secondary N) is 1. The molecule has 6 nitrogen and oxygen atoms in total. The number of piperidine rings is 1. The van der Waals surface area contributed by atoms with Gasteiger partial charge in [-0.1, -0.05) is 0 Å². The Morgan fingerprint density at radius 2 is 2.47 bits per heavy atom. The van der Waals surface area contributed by atoms with E-state index in [9.17, 15) is 4.79 Å². The Hall–Kier alpha value is -2.29. The van der Waals surface area contributed by atoms with E-state index in [0.717, 1.165) is 25.1 Å². The first-order valence-corrected chi connectivity index (χ1v) is 6.18. The van der Waals surface area contributed by atoms with E-state index in [4.69, 9.17) is 10.00 Å². The second kappa shape index (κ2) is 6.05. The maximum atomic E-state index is 11.5. The minimum Gasteiger partial charge on any atom is -0.453 e. The summed E-state index contributed by atoms with van der Waals surface area (Å²) in [6, 6.07) is 5.65. The number of hydrogen-bond donors (Lipinski definition) is 1. The van der Waals surface area contributed by atoms with Crippen LogP contribution in [0.15, 0.2) is 18.3 Å². The highest BCUT2D eigenvalue weighted by Gasteiger charge is 2.23. The largest absolute Gasteiger partial charge is 0.453 e. The van der Waals surface area contributed by atoms with Gasteiger partial charge in [0.1, 0.15) is 11.8 Å². The smallest absolute Gasteiger partial charge is 0.409 e. The summed E-state index contributed by atoms with van der Waals surface area (Å²) in [6.45, 7) is 1.35. The minimum absolute atomic E-state index is 0.183. The lowest BCUT2D eigenvalue weighted by Crippen LogP contribution is -2.45. The van der Waals surface area contributed by atoms with Crippen LogP contribution in [0.5, 0.6) is 0 Å².